The monoisotopic (exact) mass is 852 g/mol. The number of nitrogens with one attached hydrogen (secondary N) is 3. The van der Waals surface area contributed by atoms with E-state index in [-0.39, 0.29) is 63.6 Å². The van der Waals surface area contributed by atoms with Gasteiger partial charge in [-0.15, -0.1) is 0 Å². The highest BCUT2D eigenvalue weighted by Crippen LogP contribution is 2.29. The lowest BCUT2D eigenvalue weighted by Crippen LogP contribution is -2.64. The van der Waals surface area contributed by atoms with Gasteiger partial charge in [0, 0.05) is 45.0 Å². The number of rotatable bonds is 7. The molecule has 0 spiro atoms. The van der Waals surface area contributed by atoms with E-state index < -0.39 is 108 Å². The lowest BCUT2D eigenvalue weighted by molar-refractivity contribution is -0.164. The minimum absolute atomic E-state index is 0.000517. The Hall–Kier alpha value is -5.69. The summed E-state index contributed by atoms with van der Waals surface area (Å²) >= 11 is 0. The van der Waals surface area contributed by atoms with E-state index in [1.165, 1.54) is 23.6 Å². The van der Waals surface area contributed by atoms with E-state index in [9.17, 15) is 47.4 Å². The first-order chi connectivity index (χ1) is 29.1. The molecule has 0 aliphatic carbocycles. The maximum atomic E-state index is 14.8. The van der Waals surface area contributed by atoms with Crippen LogP contribution >= 0.6 is 0 Å². The molecule has 5 heterocycles. The maximum Gasteiger partial charge on any atom is 0.329 e. The van der Waals surface area contributed by atoms with Crippen molar-refractivity contribution in [3.8, 4) is 5.75 Å². The largest absolute Gasteiger partial charge is 0.493 e. The number of aliphatic hydroxyl groups is 1. The molecule has 0 saturated carbocycles. The van der Waals surface area contributed by atoms with E-state index in [0.717, 1.165) is 22.6 Å². The first-order valence-corrected chi connectivity index (χ1v) is 20.5. The van der Waals surface area contributed by atoms with Crippen molar-refractivity contribution in [3.05, 3.63) is 64.7 Å². The number of esters is 1. The highest BCUT2D eigenvalue weighted by Gasteiger charge is 2.49. The minimum Gasteiger partial charge on any atom is -0.493 e. The quantitative estimate of drug-likeness (QED) is 0.262. The molecule has 0 aromatic heterocycles. The molecule has 2 aromatic rings. The van der Waals surface area contributed by atoms with Crippen LogP contribution in [0.25, 0.3) is 0 Å². The second kappa shape index (κ2) is 18.1. The first kappa shape index (κ1) is 43.4. The molecule has 5 aliphatic rings. The Morgan fingerprint density at radius 1 is 0.869 bits per heavy atom. The summed E-state index contributed by atoms with van der Waals surface area (Å²) in [4.78, 5) is 102. The van der Waals surface area contributed by atoms with Gasteiger partial charge in [-0.2, -0.15) is 0 Å². The van der Waals surface area contributed by atoms with Gasteiger partial charge in [-0.3, -0.25) is 28.8 Å². The number of halogens is 2. The van der Waals surface area contributed by atoms with Crippen molar-refractivity contribution in [3.63, 3.8) is 0 Å². The van der Waals surface area contributed by atoms with Crippen molar-refractivity contribution in [2.75, 3.05) is 39.5 Å². The smallest absolute Gasteiger partial charge is 0.329 e. The molecule has 7 rings (SSSR count). The van der Waals surface area contributed by atoms with E-state index >= 15 is 0 Å². The Balaban J connectivity index is 1.22. The van der Waals surface area contributed by atoms with Crippen LogP contribution in [0.15, 0.2) is 36.4 Å². The van der Waals surface area contributed by atoms with Crippen molar-refractivity contribution < 1.29 is 61.7 Å². The highest BCUT2D eigenvalue weighted by molar-refractivity contribution is 5.98. The fourth-order valence-electron chi connectivity index (χ4n) is 8.77. The average Bonchev–Trinajstić information content (AvgIpc) is 3.96. The molecule has 4 saturated heterocycles. The summed E-state index contributed by atoms with van der Waals surface area (Å²) < 4.78 is 45.8. The lowest BCUT2D eigenvalue weighted by Gasteiger charge is -2.39. The highest BCUT2D eigenvalue weighted by atomic mass is 19.1. The molecule has 17 nitrogen and oxygen atoms in total. The van der Waals surface area contributed by atoms with E-state index in [4.69, 9.17) is 14.2 Å². The number of hydrogen-bond acceptors (Lipinski definition) is 11. The predicted octanol–water partition coefficient (Wildman–Crippen LogP) is -0.469. The molecule has 9 atom stereocenters. The van der Waals surface area contributed by atoms with Crippen molar-refractivity contribution >= 4 is 41.4 Å². The standard InChI is InChI=1S/C42H50F2N6O11/c1-21-10-32-42(58)61-23(3)36(41(57)50-19-29(51)17-31(50)40(56)48-7-9-59-20-33(48)38(54)45-22(2)39(55)49(32)18-21)47-37(53)30(13-25-11-27(43)16-28(44)12-25)46-35(52)15-24-4-5-26-6-8-60-34(26)14-24/h4-5,11-12,14,16,21-23,29-33,36,51H,6-10,13,15,17-20H2,1-3H3,(H,45,54)(H,46,52)(H,47,53)/t21-,22+,23+,29-,30+,31+,32+,33+,36+/m1/s1. The molecule has 5 aliphatic heterocycles. The molecule has 0 unspecified atom stereocenters. The molecule has 61 heavy (non-hydrogen) atoms. The van der Waals surface area contributed by atoms with Gasteiger partial charge in [-0.1, -0.05) is 19.1 Å². The number of aliphatic hydroxyl groups excluding tert-OH is 1. The SMILES string of the molecule is C[C@@H]1C[C@H]2C(=O)O[C@@H](C)[C@H](NC(=O)[C@H](Cc3cc(F)cc(F)c3)NC(=O)Cc3ccc4c(c3)OCC4)C(=O)N3C[C@H](O)C[C@H]3C(=O)N3CCOC[C@H]3C(=O)N[C@@H](C)C(=O)N2C1. The zero-order valence-electron chi connectivity index (χ0n) is 34.1. The summed E-state index contributed by atoms with van der Waals surface area (Å²) in [5.74, 6) is -6.86. The fourth-order valence-corrected chi connectivity index (χ4v) is 8.77. The van der Waals surface area contributed by atoms with Crippen LogP contribution in [0, 0.1) is 17.6 Å². The van der Waals surface area contributed by atoms with Gasteiger partial charge in [0.25, 0.3) is 0 Å². The molecular weight excluding hydrogens is 802 g/mol. The van der Waals surface area contributed by atoms with Crippen molar-refractivity contribution in [2.24, 2.45) is 5.92 Å². The van der Waals surface area contributed by atoms with E-state index in [0.29, 0.717) is 30.4 Å². The summed E-state index contributed by atoms with van der Waals surface area (Å²) in [6.45, 7) is 4.71. The van der Waals surface area contributed by atoms with Gasteiger partial charge in [0.1, 0.15) is 59.7 Å². The number of hydrogen-bond donors (Lipinski definition) is 4. The van der Waals surface area contributed by atoms with Crippen LogP contribution in [0.1, 0.15) is 50.3 Å². The molecule has 19 heteroatoms. The Morgan fingerprint density at radius 2 is 1.61 bits per heavy atom. The molecular formula is C42H50F2N6O11. The summed E-state index contributed by atoms with van der Waals surface area (Å²) in [6.07, 6.45) is -2.64. The third-order valence-corrected chi connectivity index (χ3v) is 11.8. The normalized spacial score (nSPS) is 28.8. The molecule has 2 aromatic carbocycles. The number of ether oxygens (including phenoxy) is 3. The fraction of sp³-hybridized carbons (Fsp3) is 0.548. The number of benzene rings is 2. The van der Waals surface area contributed by atoms with Crippen LogP contribution in [0.5, 0.6) is 5.75 Å². The second-order valence-electron chi connectivity index (χ2n) is 16.5. The van der Waals surface area contributed by atoms with Gasteiger partial charge in [-0.25, -0.2) is 13.6 Å². The zero-order chi connectivity index (χ0) is 43.7. The Kier molecular flexibility index (Phi) is 12.9. The second-order valence-corrected chi connectivity index (χ2v) is 16.5. The summed E-state index contributed by atoms with van der Waals surface area (Å²) in [7, 11) is 0. The zero-order valence-corrected chi connectivity index (χ0v) is 34.1. The Morgan fingerprint density at radius 3 is 2.36 bits per heavy atom. The maximum absolute atomic E-state index is 14.8. The number of cyclic esters (lactones) is 1. The van der Waals surface area contributed by atoms with E-state index in [1.807, 2.05) is 13.0 Å². The summed E-state index contributed by atoms with van der Waals surface area (Å²) in [6, 6.07) is -0.167. The Bertz CT molecular complexity index is 2070. The van der Waals surface area contributed by atoms with Crippen LogP contribution in [-0.2, 0) is 62.3 Å². The van der Waals surface area contributed by atoms with Crippen molar-refractivity contribution in [1.29, 1.82) is 0 Å². The van der Waals surface area contributed by atoms with Gasteiger partial charge < -0.3 is 50.0 Å². The summed E-state index contributed by atoms with van der Waals surface area (Å²) in [5, 5.41) is 18.7. The number of carbonyl (C=O) groups is 7. The number of amides is 6. The molecule has 4 N–H and O–H groups in total. The van der Waals surface area contributed by atoms with Gasteiger partial charge in [-0.05, 0) is 61.1 Å². The third-order valence-electron chi connectivity index (χ3n) is 11.8. The first-order valence-electron chi connectivity index (χ1n) is 20.5. The summed E-state index contributed by atoms with van der Waals surface area (Å²) in [5.41, 5.74) is 1.54. The Labute approximate surface area is 350 Å². The molecule has 328 valence electrons. The van der Waals surface area contributed by atoms with Crippen LogP contribution in [-0.4, -0.2) is 149 Å². The van der Waals surface area contributed by atoms with Crippen LogP contribution < -0.4 is 20.7 Å². The van der Waals surface area contributed by atoms with Crippen molar-refractivity contribution in [1.82, 2.24) is 30.7 Å². The van der Waals surface area contributed by atoms with Gasteiger partial charge in [0.05, 0.1) is 32.3 Å². The van der Waals surface area contributed by atoms with Crippen molar-refractivity contribution in [2.45, 2.75) is 101 Å². The third kappa shape index (κ3) is 9.62. The molecule has 0 bridgehead atoms. The van der Waals surface area contributed by atoms with Gasteiger partial charge in [0.15, 0.2) is 0 Å². The topological polar surface area (TPSA) is 213 Å². The van der Waals surface area contributed by atoms with Gasteiger partial charge >= 0.3 is 5.97 Å². The molecule has 6 amide bonds. The number of fused-ring (bicyclic) bond motifs is 4. The van der Waals surface area contributed by atoms with E-state index in [1.54, 1.807) is 12.1 Å². The number of nitrogens with zero attached hydrogens (tertiary/aromatic N) is 3. The predicted molar refractivity (Wildman–Crippen MR) is 208 cm³/mol. The van der Waals surface area contributed by atoms with Crippen LogP contribution in [0.4, 0.5) is 8.78 Å². The molecule has 4 fully saturated rings. The van der Waals surface area contributed by atoms with E-state index in [2.05, 4.69) is 16.0 Å². The van der Waals surface area contributed by atoms with Crippen LogP contribution in [0.2, 0.25) is 0 Å². The number of morpholine rings is 1. The average molecular weight is 853 g/mol. The minimum atomic E-state index is -1.76. The number of carbonyl (C=O) groups excluding carboxylic acids is 7. The molecule has 0 radical (unpaired) electrons. The lowest BCUT2D eigenvalue weighted by atomic mass is 10.0. The van der Waals surface area contributed by atoms with Gasteiger partial charge in [0.2, 0.25) is 35.4 Å². The van der Waals surface area contributed by atoms with Crippen LogP contribution in [0.3, 0.4) is 0 Å².